The van der Waals surface area contributed by atoms with E-state index in [1.807, 2.05) is 0 Å². The predicted octanol–water partition coefficient (Wildman–Crippen LogP) is -1.58. The highest BCUT2D eigenvalue weighted by atomic mass is 16.4. The van der Waals surface area contributed by atoms with E-state index >= 15 is 0 Å². The summed E-state index contributed by atoms with van der Waals surface area (Å²) in [6, 6.07) is -0.858. The lowest BCUT2D eigenvalue weighted by atomic mass is 10.2. The van der Waals surface area contributed by atoms with Crippen LogP contribution in [0.5, 0.6) is 0 Å². The summed E-state index contributed by atoms with van der Waals surface area (Å²) < 4.78 is 0. The standard InChI is InChI=1S/C8H13NO5/c10-4-6(11)7(12)9-3-1-2-5(9)8(13)14/h5-6,10-11H,1-4H2,(H,13,14). The van der Waals surface area contributed by atoms with Crippen LogP contribution in [0.15, 0.2) is 0 Å². The summed E-state index contributed by atoms with van der Waals surface area (Å²) in [6.07, 6.45) is -0.491. The Bertz CT molecular complexity index is 242. The minimum absolute atomic E-state index is 0.326. The molecule has 2 atom stereocenters. The first-order chi connectivity index (χ1) is 6.57. The van der Waals surface area contributed by atoms with Crippen molar-refractivity contribution in [1.29, 1.82) is 0 Å². The van der Waals surface area contributed by atoms with Gasteiger partial charge >= 0.3 is 5.97 Å². The SMILES string of the molecule is O=C(O)C1CCCN1C(=O)C(O)CO. The van der Waals surface area contributed by atoms with E-state index in [0.29, 0.717) is 19.4 Å². The number of hydrogen-bond acceptors (Lipinski definition) is 4. The molecule has 1 fully saturated rings. The summed E-state index contributed by atoms with van der Waals surface area (Å²) in [7, 11) is 0. The number of likely N-dealkylation sites (tertiary alicyclic amines) is 1. The molecule has 3 N–H and O–H groups in total. The highest BCUT2D eigenvalue weighted by molar-refractivity contribution is 5.86. The Hall–Kier alpha value is -1.14. The van der Waals surface area contributed by atoms with Gasteiger partial charge in [-0.25, -0.2) is 4.79 Å². The first-order valence-electron chi connectivity index (χ1n) is 4.40. The highest BCUT2D eigenvalue weighted by Gasteiger charge is 2.36. The first kappa shape index (κ1) is 10.9. The molecule has 6 heteroatoms. The zero-order valence-electron chi connectivity index (χ0n) is 7.59. The number of carbonyl (C=O) groups is 2. The number of amides is 1. The first-order valence-corrected chi connectivity index (χ1v) is 4.40. The van der Waals surface area contributed by atoms with Crippen LogP contribution in [0.25, 0.3) is 0 Å². The second-order valence-corrected chi connectivity index (χ2v) is 3.23. The summed E-state index contributed by atoms with van der Waals surface area (Å²) >= 11 is 0. The molecule has 2 unspecified atom stereocenters. The molecule has 80 valence electrons. The van der Waals surface area contributed by atoms with Crippen LogP contribution < -0.4 is 0 Å². The number of carboxylic acids is 1. The molecule has 1 aliphatic heterocycles. The van der Waals surface area contributed by atoms with E-state index in [1.165, 1.54) is 0 Å². The van der Waals surface area contributed by atoms with E-state index in [0.717, 1.165) is 4.90 Å². The molecular formula is C8H13NO5. The molecular weight excluding hydrogens is 190 g/mol. The van der Waals surface area contributed by atoms with Gasteiger partial charge in [-0.05, 0) is 12.8 Å². The van der Waals surface area contributed by atoms with Gasteiger partial charge in [0.25, 0.3) is 5.91 Å². The summed E-state index contributed by atoms with van der Waals surface area (Å²) in [5.41, 5.74) is 0. The Kier molecular flexibility index (Phi) is 3.43. The van der Waals surface area contributed by atoms with Crippen molar-refractivity contribution < 1.29 is 24.9 Å². The molecule has 0 spiro atoms. The van der Waals surface area contributed by atoms with E-state index in [1.54, 1.807) is 0 Å². The van der Waals surface area contributed by atoms with Crippen molar-refractivity contribution in [3.8, 4) is 0 Å². The summed E-state index contributed by atoms with van der Waals surface area (Å²) in [5, 5.41) is 26.3. The third-order valence-corrected chi connectivity index (χ3v) is 2.28. The Balaban J connectivity index is 2.67. The van der Waals surface area contributed by atoms with E-state index in [4.69, 9.17) is 15.3 Å². The molecule has 1 heterocycles. The second-order valence-electron chi connectivity index (χ2n) is 3.23. The maximum Gasteiger partial charge on any atom is 0.326 e. The number of rotatable bonds is 3. The monoisotopic (exact) mass is 203 g/mol. The van der Waals surface area contributed by atoms with Crippen LogP contribution in [0.2, 0.25) is 0 Å². The quantitative estimate of drug-likeness (QED) is 0.514. The lowest BCUT2D eigenvalue weighted by Gasteiger charge is -2.23. The molecule has 6 nitrogen and oxygen atoms in total. The van der Waals surface area contributed by atoms with Crippen LogP contribution >= 0.6 is 0 Å². The van der Waals surface area contributed by atoms with Gasteiger partial charge in [0.2, 0.25) is 0 Å². The third kappa shape index (κ3) is 2.02. The molecule has 1 rings (SSSR count). The Morgan fingerprint density at radius 2 is 2.14 bits per heavy atom. The maximum absolute atomic E-state index is 11.3. The van der Waals surface area contributed by atoms with Gasteiger partial charge in [-0.1, -0.05) is 0 Å². The smallest absolute Gasteiger partial charge is 0.326 e. The molecule has 0 radical (unpaired) electrons. The van der Waals surface area contributed by atoms with Gasteiger partial charge in [-0.15, -0.1) is 0 Å². The van der Waals surface area contributed by atoms with Crippen LogP contribution in [0, 0.1) is 0 Å². The molecule has 1 saturated heterocycles. The maximum atomic E-state index is 11.3. The molecule has 0 aliphatic carbocycles. The second kappa shape index (κ2) is 4.39. The molecule has 0 aromatic heterocycles. The number of aliphatic hydroxyl groups excluding tert-OH is 2. The van der Waals surface area contributed by atoms with E-state index < -0.39 is 30.6 Å². The topological polar surface area (TPSA) is 98.1 Å². The van der Waals surface area contributed by atoms with E-state index in [9.17, 15) is 9.59 Å². The molecule has 0 aromatic carbocycles. The molecule has 1 aliphatic rings. The van der Waals surface area contributed by atoms with Gasteiger partial charge in [0.05, 0.1) is 6.61 Å². The molecule has 0 aromatic rings. The molecule has 0 saturated carbocycles. The number of carbonyl (C=O) groups excluding carboxylic acids is 1. The van der Waals surface area contributed by atoms with Gasteiger partial charge in [0, 0.05) is 6.54 Å². The van der Waals surface area contributed by atoms with Gasteiger partial charge in [-0.3, -0.25) is 4.79 Å². The van der Waals surface area contributed by atoms with Crippen LogP contribution in [-0.2, 0) is 9.59 Å². The van der Waals surface area contributed by atoms with Crippen molar-refractivity contribution in [3.05, 3.63) is 0 Å². The average Bonchev–Trinajstić information content (AvgIpc) is 2.63. The van der Waals surface area contributed by atoms with Crippen molar-refractivity contribution in [2.24, 2.45) is 0 Å². The zero-order valence-corrected chi connectivity index (χ0v) is 7.59. The van der Waals surface area contributed by atoms with Crippen molar-refractivity contribution >= 4 is 11.9 Å². The highest BCUT2D eigenvalue weighted by Crippen LogP contribution is 2.18. The number of carboxylic acid groups (broad SMARTS) is 1. The molecule has 14 heavy (non-hydrogen) atoms. The Labute approximate surface area is 80.8 Å². The number of aliphatic carboxylic acids is 1. The van der Waals surface area contributed by atoms with E-state index in [2.05, 4.69) is 0 Å². The van der Waals surface area contributed by atoms with Crippen molar-refractivity contribution in [1.82, 2.24) is 4.90 Å². The fraction of sp³-hybridized carbons (Fsp3) is 0.750. The van der Waals surface area contributed by atoms with Crippen LogP contribution in [-0.4, -0.2) is 57.4 Å². The summed E-state index contributed by atoms with van der Waals surface area (Å²) in [4.78, 5) is 23.1. The average molecular weight is 203 g/mol. The van der Waals surface area contributed by atoms with E-state index in [-0.39, 0.29) is 0 Å². The normalized spacial score (nSPS) is 23.6. The largest absolute Gasteiger partial charge is 0.480 e. The predicted molar refractivity (Wildman–Crippen MR) is 45.5 cm³/mol. The summed E-state index contributed by atoms with van der Waals surface area (Å²) in [6.45, 7) is -0.353. The van der Waals surface area contributed by atoms with Crippen LogP contribution in [0.4, 0.5) is 0 Å². The fourth-order valence-electron chi connectivity index (χ4n) is 1.56. The third-order valence-electron chi connectivity index (χ3n) is 2.28. The van der Waals surface area contributed by atoms with Crippen LogP contribution in [0.3, 0.4) is 0 Å². The lowest BCUT2D eigenvalue weighted by Crippen LogP contribution is -2.46. The Morgan fingerprint density at radius 1 is 1.50 bits per heavy atom. The lowest BCUT2D eigenvalue weighted by molar-refractivity contribution is -0.153. The van der Waals surface area contributed by atoms with Crippen LogP contribution in [0.1, 0.15) is 12.8 Å². The van der Waals surface area contributed by atoms with Gasteiger partial charge in [0.1, 0.15) is 6.04 Å². The number of aliphatic hydroxyl groups is 2. The zero-order chi connectivity index (χ0) is 10.7. The van der Waals surface area contributed by atoms with Crippen molar-refractivity contribution in [2.75, 3.05) is 13.2 Å². The minimum atomic E-state index is -1.50. The van der Waals surface area contributed by atoms with Crippen molar-refractivity contribution in [2.45, 2.75) is 25.0 Å². The summed E-state index contributed by atoms with van der Waals surface area (Å²) in [5.74, 6) is -1.78. The van der Waals surface area contributed by atoms with Gasteiger partial charge < -0.3 is 20.2 Å². The number of nitrogens with zero attached hydrogens (tertiary/aromatic N) is 1. The van der Waals surface area contributed by atoms with Gasteiger partial charge in [-0.2, -0.15) is 0 Å². The van der Waals surface area contributed by atoms with Gasteiger partial charge in [0.15, 0.2) is 6.10 Å². The number of hydrogen-bond donors (Lipinski definition) is 3. The fourth-order valence-corrected chi connectivity index (χ4v) is 1.56. The molecule has 0 bridgehead atoms. The molecule has 1 amide bonds. The van der Waals surface area contributed by atoms with Crippen molar-refractivity contribution in [3.63, 3.8) is 0 Å². The minimum Gasteiger partial charge on any atom is -0.480 e. The Morgan fingerprint density at radius 3 is 2.64 bits per heavy atom.